The Hall–Kier alpha value is -4.01. The summed E-state index contributed by atoms with van der Waals surface area (Å²) in [4.78, 5) is 16.4. The van der Waals surface area contributed by atoms with Gasteiger partial charge in [0.2, 0.25) is 5.89 Å². The topological polar surface area (TPSA) is 95.1 Å². The molecule has 0 spiro atoms. The smallest absolute Gasteiger partial charge is 0.277 e. The van der Waals surface area contributed by atoms with E-state index in [1.54, 1.807) is 6.20 Å². The third-order valence-electron chi connectivity index (χ3n) is 4.75. The number of amides is 1. The summed E-state index contributed by atoms with van der Waals surface area (Å²) in [6.45, 7) is 0.961. The molecule has 0 unspecified atom stereocenters. The molecule has 1 N–H and O–H groups in total. The van der Waals surface area contributed by atoms with E-state index in [0.717, 1.165) is 25.8 Å². The molecule has 9 heteroatoms. The maximum absolute atomic E-state index is 13.0. The lowest BCUT2D eigenvalue weighted by Gasteiger charge is -2.06. The van der Waals surface area contributed by atoms with Gasteiger partial charge >= 0.3 is 0 Å². The first kappa shape index (κ1) is 21.2. The lowest BCUT2D eigenvalue weighted by Crippen LogP contribution is -2.12. The van der Waals surface area contributed by atoms with Crippen LogP contribution in [0.3, 0.4) is 0 Å². The first-order valence-corrected chi connectivity index (χ1v) is 10.2. The standard InChI is InChI=1S/C23H22FN5O3/c24-18-6-8-19(9-7-18)26-23(30)21-15-32-22(27-21)16-31-20-10-4-17(5-11-20)3-1-2-13-29-14-12-25-28-29/h4-12,14-15H,1-3,13,16H2,(H,26,30). The van der Waals surface area contributed by atoms with E-state index in [2.05, 4.69) is 20.6 Å². The van der Waals surface area contributed by atoms with Crippen molar-refractivity contribution in [3.8, 4) is 5.75 Å². The monoisotopic (exact) mass is 435 g/mol. The Morgan fingerprint density at radius 3 is 2.66 bits per heavy atom. The fourth-order valence-electron chi connectivity index (χ4n) is 3.06. The summed E-state index contributed by atoms with van der Waals surface area (Å²) in [6, 6.07) is 13.3. The molecule has 0 bridgehead atoms. The fourth-order valence-corrected chi connectivity index (χ4v) is 3.06. The summed E-state index contributed by atoms with van der Waals surface area (Å²) in [5.41, 5.74) is 1.82. The largest absolute Gasteiger partial charge is 0.484 e. The number of aromatic nitrogens is 4. The summed E-state index contributed by atoms with van der Waals surface area (Å²) >= 11 is 0. The molecule has 0 aliphatic rings. The third-order valence-corrected chi connectivity index (χ3v) is 4.75. The number of hydrogen-bond donors (Lipinski definition) is 1. The van der Waals surface area contributed by atoms with Crippen LogP contribution in [-0.2, 0) is 19.6 Å². The van der Waals surface area contributed by atoms with Crippen molar-refractivity contribution in [3.63, 3.8) is 0 Å². The van der Waals surface area contributed by atoms with Gasteiger partial charge in [0.25, 0.3) is 5.91 Å². The maximum Gasteiger partial charge on any atom is 0.277 e. The van der Waals surface area contributed by atoms with Gasteiger partial charge in [0, 0.05) is 18.4 Å². The van der Waals surface area contributed by atoms with Gasteiger partial charge in [-0.3, -0.25) is 9.48 Å². The van der Waals surface area contributed by atoms with E-state index >= 15 is 0 Å². The summed E-state index contributed by atoms with van der Waals surface area (Å²) in [5.74, 6) is 0.151. The molecule has 0 radical (unpaired) electrons. The molecule has 4 aromatic rings. The van der Waals surface area contributed by atoms with Crippen molar-refractivity contribution < 1.29 is 18.3 Å². The zero-order valence-corrected chi connectivity index (χ0v) is 17.3. The van der Waals surface area contributed by atoms with Crippen LogP contribution in [0.1, 0.15) is 34.8 Å². The molecule has 2 aromatic heterocycles. The molecule has 32 heavy (non-hydrogen) atoms. The van der Waals surface area contributed by atoms with Gasteiger partial charge in [0.1, 0.15) is 17.8 Å². The summed E-state index contributed by atoms with van der Waals surface area (Å²) in [5, 5.41) is 10.4. The van der Waals surface area contributed by atoms with E-state index in [9.17, 15) is 9.18 Å². The van der Waals surface area contributed by atoms with Crippen molar-refractivity contribution in [2.45, 2.75) is 32.4 Å². The van der Waals surface area contributed by atoms with Crippen molar-refractivity contribution in [1.29, 1.82) is 0 Å². The molecule has 2 aromatic carbocycles. The van der Waals surface area contributed by atoms with E-state index < -0.39 is 5.91 Å². The van der Waals surface area contributed by atoms with Crippen molar-refractivity contribution in [1.82, 2.24) is 20.0 Å². The van der Waals surface area contributed by atoms with Gasteiger partial charge in [-0.25, -0.2) is 9.37 Å². The average Bonchev–Trinajstić information content (AvgIpc) is 3.50. The second kappa shape index (κ2) is 10.3. The molecular weight excluding hydrogens is 413 g/mol. The number of aryl methyl sites for hydroxylation is 2. The Morgan fingerprint density at radius 2 is 1.91 bits per heavy atom. The predicted molar refractivity (Wildman–Crippen MR) is 115 cm³/mol. The Labute approximate surface area is 184 Å². The molecule has 2 heterocycles. The van der Waals surface area contributed by atoms with Crippen LogP contribution in [-0.4, -0.2) is 25.9 Å². The lowest BCUT2D eigenvalue weighted by molar-refractivity contribution is 0.102. The van der Waals surface area contributed by atoms with E-state index in [-0.39, 0.29) is 24.0 Å². The summed E-state index contributed by atoms with van der Waals surface area (Å²) < 4.78 is 25.8. The zero-order valence-electron chi connectivity index (χ0n) is 17.3. The Kier molecular flexibility index (Phi) is 6.86. The van der Waals surface area contributed by atoms with Crippen molar-refractivity contribution in [3.05, 3.63) is 90.2 Å². The van der Waals surface area contributed by atoms with Crippen molar-refractivity contribution >= 4 is 11.6 Å². The summed E-state index contributed by atoms with van der Waals surface area (Å²) in [6.07, 6.45) is 7.87. The van der Waals surface area contributed by atoms with E-state index in [1.165, 1.54) is 36.1 Å². The molecule has 1 amide bonds. The highest BCUT2D eigenvalue weighted by molar-refractivity contribution is 6.02. The Morgan fingerprint density at radius 1 is 1.09 bits per heavy atom. The minimum absolute atomic E-state index is 0.0983. The van der Waals surface area contributed by atoms with Crippen molar-refractivity contribution in [2.75, 3.05) is 5.32 Å². The van der Waals surface area contributed by atoms with Crippen LogP contribution in [0.25, 0.3) is 0 Å². The number of nitrogens with zero attached hydrogens (tertiary/aromatic N) is 4. The Balaban J connectivity index is 1.21. The number of unbranched alkanes of at least 4 members (excludes halogenated alkanes) is 1. The number of benzene rings is 2. The van der Waals surface area contributed by atoms with Crippen LogP contribution in [0.4, 0.5) is 10.1 Å². The number of halogens is 1. The van der Waals surface area contributed by atoms with Gasteiger partial charge in [-0.1, -0.05) is 17.3 Å². The van der Waals surface area contributed by atoms with Gasteiger partial charge in [-0.15, -0.1) is 5.10 Å². The van der Waals surface area contributed by atoms with Crippen LogP contribution in [0.15, 0.2) is 71.6 Å². The van der Waals surface area contributed by atoms with Gasteiger partial charge < -0.3 is 14.5 Å². The Bertz CT molecular complexity index is 1130. The van der Waals surface area contributed by atoms with E-state index in [4.69, 9.17) is 9.15 Å². The van der Waals surface area contributed by atoms with Gasteiger partial charge in [-0.2, -0.15) is 0 Å². The average molecular weight is 435 g/mol. The quantitative estimate of drug-likeness (QED) is 0.374. The maximum atomic E-state index is 13.0. The molecule has 164 valence electrons. The zero-order chi connectivity index (χ0) is 22.2. The molecule has 0 saturated heterocycles. The number of hydrogen-bond acceptors (Lipinski definition) is 6. The highest BCUT2D eigenvalue weighted by Gasteiger charge is 2.13. The number of rotatable bonds is 10. The van der Waals surface area contributed by atoms with Gasteiger partial charge in [0.05, 0.1) is 6.20 Å². The second-order valence-electron chi connectivity index (χ2n) is 7.14. The molecule has 0 atom stereocenters. The molecule has 0 saturated carbocycles. The minimum atomic E-state index is -0.445. The molecule has 0 fully saturated rings. The van der Waals surface area contributed by atoms with E-state index in [1.807, 2.05) is 35.1 Å². The molecule has 8 nitrogen and oxygen atoms in total. The molecular formula is C23H22FN5O3. The van der Waals surface area contributed by atoms with Crippen LogP contribution in [0.2, 0.25) is 0 Å². The predicted octanol–water partition coefficient (Wildman–Crippen LogP) is 4.26. The third kappa shape index (κ3) is 6.00. The number of oxazole rings is 1. The summed E-state index contributed by atoms with van der Waals surface area (Å²) in [7, 11) is 0. The van der Waals surface area contributed by atoms with Crippen LogP contribution in [0, 0.1) is 5.82 Å². The SMILES string of the molecule is O=C(Nc1ccc(F)cc1)c1coc(COc2ccc(CCCCn3ccnn3)cc2)n1. The van der Waals surface area contributed by atoms with Crippen LogP contribution < -0.4 is 10.1 Å². The van der Waals surface area contributed by atoms with Crippen LogP contribution in [0.5, 0.6) is 5.75 Å². The number of ether oxygens (including phenoxy) is 1. The highest BCUT2D eigenvalue weighted by Crippen LogP contribution is 2.16. The number of carbonyl (C=O) groups excluding carboxylic acids is 1. The molecule has 0 aliphatic heterocycles. The first-order chi connectivity index (χ1) is 15.7. The van der Waals surface area contributed by atoms with Gasteiger partial charge in [-0.05, 0) is 61.2 Å². The first-order valence-electron chi connectivity index (χ1n) is 10.2. The number of carbonyl (C=O) groups is 1. The fraction of sp³-hybridized carbons (Fsp3) is 0.217. The highest BCUT2D eigenvalue weighted by atomic mass is 19.1. The van der Waals surface area contributed by atoms with E-state index in [0.29, 0.717) is 11.4 Å². The molecule has 0 aliphatic carbocycles. The second-order valence-corrected chi connectivity index (χ2v) is 7.14. The molecule has 4 rings (SSSR count). The lowest BCUT2D eigenvalue weighted by atomic mass is 10.1. The van der Waals surface area contributed by atoms with Gasteiger partial charge in [0.15, 0.2) is 12.3 Å². The number of nitrogens with one attached hydrogen (secondary N) is 1. The normalized spacial score (nSPS) is 10.8. The van der Waals surface area contributed by atoms with Crippen LogP contribution >= 0.6 is 0 Å². The van der Waals surface area contributed by atoms with Crippen molar-refractivity contribution in [2.24, 2.45) is 0 Å². The number of anilines is 1. The minimum Gasteiger partial charge on any atom is -0.484 e.